The minimum Gasteiger partial charge on any atom is -0.459 e. The highest BCUT2D eigenvalue weighted by atomic mass is 35.5. The van der Waals surface area contributed by atoms with Gasteiger partial charge in [0.25, 0.3) is 0 Å². The summed E-state index contributed by atoms with van der Waals surface area (Å²) in [5, 5.41) is 4.85. The van der Waals surface area contributed by atoms with Crippen LogP contribution < -0.4 is 4.90 Å². The number of morpholine rings is 1. The van der Waals surface area contributed by atoms with E-state index in [0.717, 1.165) is 11.8 Å². The van der Waals surface area contributed by atoms with E-state index >= 15 is 0 Å². The molecule has 1 fully saturated rings. The molecule has 0 amide bonds. The van der Waals surface area contributed by atoms with Crippen molar-refractivity contribution < 1.29 is 22.3 Å². The number of fused-ring (bicyclic) bond motifs is 1. The van der Waals surface area contributed by atoms with Gasteiger partial charge in [-0.2, -0.15) is 18.3 Å². The lowest BCUT2D eigenvalue weighted by atomic mass is 10.0. The maximum Gasteiger partial charge on any atom is 0.434 e. The molecule has 1 saturated heterocycles. The number of furan rings is 1. The number of imidazole rings is 1. The molecule has 0 spiro atoms. The van der Waals surface area contributed by atoms with Crippen molar-refractivity contribution in [2.45, 2.75) is 52.0 Å². The summed E-state index contributed by atoms with van der Waals surface area (Å²) in [5.41, 5.74) is 2.35. The summed E-state index contributed by atoms with van der Waals surface area (Å²) in [5.74, 6) is 1.28. The van der Waals surface area contributed by atoms with Crippen molar-refractivity contribution >= 4 is 28.5 Å². The molecule has 4 aromatic heterocycles. The highest BCUT2D eigenvalue weighted by Crippen LogP contribution is 2.38. The first-order valence-electron chi connectivity index (χ1n) is 13.6. The molecule has 5 aromatic rings. The Balaban J connectivity index is 1.39. The molecule has 6 rings (SSSR count). The topological polar surface area (TPSA) is 87.0 Å². The van der Waals surface area contributed by atoms with Crippen LogP contribution in [0.2, 0.25) is 5.02 Å². The molecule has 0 N–H and O–H groups in total. The number of rotatable bonds is 6. The van der Waals surface area contributed by atoms with Crippen molar-refractivity contribution in [1.29, 1.82) is 0 Å². The lowest BCUT2D eigenvalue weighted by Gasteiger charge is -2.36. The Morgan fingerprint density at radius 2 is 1.76 bits per heavy atom. The van der Waals surface area contributed by atoms with Crippen LogP contribution in [0.4, 0.5) is 19.0 Å². The fourth-order valence-electron chi connectivity index (χ4n) is 5.22. The van der Waals surface area contributed by atoms with Gasteiger partial charge in [0, 0.05) is 36.5 Å². The molecule has 0 aliphatic carbocycles. The Morgan fingerprint density at radius 3 is 2.45 bits per heavy atom. The average Bonchev–Trinajstić information content (AvgIpc) is 3.70. The molecule has 1 aliphatic heterocycles. The molecular formula is C29H29ClF3N7O2. The molecule has 9 nitrogen and oxygen atoms in total. The van der Waals surface area contributed by atoms with Crippen LogP contribution in [0, 0.1) is 0 Å². The van der Waals surface area contributed by atoms with Gasteiger partial charge in [0.1, 0.15) is 17.0 Å². The van der Waals surface area contributed by atoms with Crippen LogP contribution in [-0.2, 0) is 10.9 Å². The normalized spacial score (nSPS) is 16.3. The molecule has 13 heteroatoms. The molecule has 1 atom stereocenters. The summed E-state index contributed by atoms with van der Waals surface area (Å²) < 4.78 is 55.3. The van der Waals surface area contributed by atoms with Gasteiger partial charge in [-0.1, -0.05) is 35.9 Å². The van der Waals surface area contributed by atoms with Crippen molar-refractivity contribution in [3.63, 3.8) is 0 Å². The SMILES string of the molecule is CC(C)n1cc(C(F)(F)F)nc1-c1ccc(C2COCCN2c2nc(-c3c(Cl)cnn3C(C)C)nc3ccoc23)cc1. The largest absolute Gasteiger partial charge is 0.459 e. The fourth-order valence-corrected chi connectivity index (χ4v) is 5.43. The van der Waals surface area contributed by atoms with Crippen molar-refractivity contribution in [1.82, 2.24) is 29.3 Å². The second-order valence-electron chi connectivity index (χ2n) is 10.7. The van der Waals surface area contributed by atoms with E-state index in [0.29, 0.717) is 58.8 Å². The zero-order valence-corrected chi connectivity index (χ0v) is 24.2. The summed E-state index contributed by atoms with van der Waals surface area (Å²) in [7, 11) is 0. The number of benzene rings is 1. The predicted octanol–water partition coefficient (Wildman–Crippen LogP) is 7.36. The lowest BCUT2D eigenvalue weighted by molar-refractivity contribution is -0.140. The number of nitrogens with zero attached hydrogens (tertiary/aromatic N) is 7. The molecule has 1 aromatic carbocycles. The first kappa shape index (κ1) is 28.2. The van der Waals surface area contributed by atoms with E-state index in [1.807, 2.05) is 39.8 Å². The van der Waals surface area contributed by atoms with E-state index in [1.54, 1.807) is 35.3 Å². The van der Waals surface area contributed by atoms with Gasteiger partial charge in [0.05, 0.1) is 36.7 Å². The van der Waals surface area contributed by atoms with Crippen LogP contribution in [0.3, 0.4) is 0 Å². The minimum absolute atomic E-state index is 0.0350. The summed E-state index contributed by atoms with van der Waals surface area (Å²) >= 11 is 6.54. The van der Waals surface area contributed by atoms with Gasteiger partial charge in [-0.15, -0.1) is 0 Å². The number of hydrogen-bond acceptors (Lipinski definition) is 7. The zero-order valence-electron chi connectivity index (χ0n) is 23.4. The molecule has 42 heavy (non-hydrogen) atoms. The van der Waals surface area contributed by atoms with E-state index in [-0.39, 0.29) is 23.9 Å². The van der Waals surface area contributed by atoms with Gasteiger partial charge in [-0.25, -0.2) is 15.0 Å². The quantitative estimate of drug-likeness (QED) is 0.201. The van der Waals surface area contributed by atoms with Gasteiger partial charge in [-0.3, -0.25) is 4.68 Å². The van der Waals surface area contributed by atoms with Gasteiger partial charge in [0.15, 0.2) is 22.9 Å². The number of aromatic nitrogens is 6. The van der Waals surface area contributed by atoms with Crippen LogP contribution in [0.25, 0.3) is 34.0 Å². The first-order chi connectivity index (χ1) is 20.0. The lowest BCUT2D eigenvalue weighted by Crippen LogP contribution is -2.40. The van der Waals surface area contributed by atoms with Crippen molar-refractivity contribution in [2.75, 3.05) is 24.7 Å². The van der Waals surface area contributed by atoms with Crippen LogP contribution >= 0.6 is 11.6 Å². The standard InChI is InChI=1S/C29H29ClF3N7O2/c1-16(2)39-14-23(29(31,32)33)36-27(39)19-7-5-18(6-8-19)22-15-41-12-10-38(22)28-25-21(9-11-42-25)35-26(37-28)24-20(30)13-34-40(24)17(3)4/h5-9,11,13-14,16-17,22H,10,12,15H2,1-4H3. The van der Waals surface area contributed by atoms with Crippen LogP contribution in [0.5, 0.6) is 0 Å². The maximum absolute atomic E-state index is 13.4. The number of hydrogen-bond donors (Lipinski definition) is 0. The monoisotopic (exact) mass is 599 g/mol. The third kappa shape index (κ3) is 5.02. The highest BCUT2D eigenvalue weighted by molar-refractivity contribution is 6.32. The summed E-state index contributed by atoms with van der Waals surface area (Å²) in [6, 6.07) is 8.73. The van der Waals surface area contributed by atoms with E-state index in [9.17, 15) is 13.2 Å². The van der Waals surface area contributed by atoms with E-state index in [4.69, 9.17) is 30.7 Å². The third-order valence-electron chi connectivity index (χ3n) is 7.27. The zero-order chi connectivity index (χ0) is 29.8. The third-order valence-corrected chi connectivity index (χ3v) is 7.55. The number of halogens is 4. The molecule has 1 aliphatic rings. The molecular weight excluding hydrogens is 571 g/mol. The maximum atomic E-state index is 13.4. The Bertz CT molecular complexity index is 1720. The number of anilines is 1. The highest BCUT2D eigenvalue weighted by Gasteiger charge is 2.35. The van der Waals surface area contributed by atoms with Crippen LogP contribution in [-0.4, -0.2) is 49.1 Å². The minimum atomic E-state index is -4.53. The van der Waals surface area contributed by atoms with E-state index in [1.165, 1.54) is 4.57 Å². The molecule has 1 unspecified atom stereocenters. The summed E-state index contributed by atoms with van der Waals surface area (Å²) in [6.07, 6.45) is -0.312. The molecule has 0 saturated carbocycles. The summed E-state index contributed by atoms with van der Waals surface area (Å²) in [6.45, 7) is 9.04. The number of ether oxygens (including phenoxy) is 1. The van der Waals surface area contributed by atoms with E-state index < -0.39 is 11.9 Å². The smallest absolute Gasteiger partial charge is 0.434 e. The second kappa shape index (κ2) is 10.7. The second-order valence-corrected chi connectivity index (χ2v) is 11.1. The van der Waals surface area contributed by atoms with Crippen LogP contribution in [0.15, 0.2) is 53.4 Å². The van der Waals surface area contributed by atoms with Crippen molar-refractivity contribution in [2.24, 2.45) is 0 Å². The first-order valence-corrected chi connectivity index (χ1v) is 14.0. The molecule has 220 valence electrons. The van der Waals surface area contributed by atoms with Gasteiger partial charge in [-0.05, 0) is 33.3 Å². The predicted molar refractivity (Wildman–Crippen MR) is 152 cm³/mol. The number of alkyl halides is 3. The molecule has 0 bridgehead atoms. The molecule has 0 radical (unpaired) electrons. The van der Waals surface area contributed by atoms with Crippen molar-refractivity contribution in [3.8, 4) is 22.9 Å². The molecule has 5 heterocycles. The average molecular weight is 600 g/mol. The van der Waals surface area contributed by atoms with Gasteiger partial charge < -0.3 is 18.6 Å². The fraction of sp³-hybridized carbons (Fsp3) is 0.379. The van der Waals surface area contributed by atoms with Gasteiger partial charge in [0.2, 0.25) is 0 Å². The Morgan fingerprint density at radius 1 is 1.00 bits per heavy atom. The van der Waals surface area contributed by atoms with Gasteiger partial charge >= 0.3 is 6.18 Å². The Labute approximate surface area is 244 Å². The van der Waals surface area contributed by atoms with Crippen LogP contribution in [0.1, 0.15) is 57.1 Å². The Hall–Kier alpha value is -3.90. The summed E-state index contributed by atoms with van der Waals surface area (Å²) in [4.78, 5) is 15.7. The van der Waals surface area contributed by atoms with E-state index in [2.05, 4.69) is 15.0 Å². The Kier molecular flexibility index (Phi) is 7.22. The van der Waals surface area contributed by atoms with Crippen molar-refractivity contribution in [3.05, 3.63) is 65.3 Å².